The predicted molar refractivity (Wildman–Crippen MR) is 133 cm³/mol. The maximum absolute atomic E-state index is 13.3. The lowest BCUT2D eigenvalue weighted by molar-refractivity contribution is 0.629. The minimum absolute atomic E-state index is 0. The van der Waals surface area contributed by atoms with Crippen molar-refractivity contribution in [2.75, 3.05) is 13.6 Å². The van der Waals surface area contributed by atoms with Crippen molar-refractivity contribution in [3.8, 4) is 10.6 Å². The first kappa shape index (κ1) is 22.2. The number of H-pyrrole nitrogens is 1. The normalized spacial score (nSPS) is 11.3. The van der Waals surface area contributed by atoms with Crippen molar-refractivity contribution in [3.05, 3.63) is 77.2 Å². The SMILES string of the molecule is CN=C(NCCc1c[nH]c2cc(F)ccc12)NCc1csc(-c2ccccc2)n1.I. The quantitative estimate of drug-likeness (QED) is 0.186. The van der Waals surface area contributed by atoms with Crippen LogP contribution in [0.3, 0.4) is 0 Å². The fourth-order valence-electron chi connectivity index (χ4n) is 3.18. The number of hydrogen-bond donors (Lipinski definition) is 3. The van der Waals surface area contributed by atoms with Gasteiger partial charge in [-0.1, -0.05) is 30.3 Å². The summed E-state index contributed by atoms with van der Waals surface area (Å²) in [6.07, 6.45) is 2.74. The Labute approximate surface area is 195 Å². The van der Waals surface area contributed by atoms with Crippen molar-refractivity contribution in [2.24, 2.45) is 4.99 Å². The number of rotatable bonds is 6. The Morgan fingerprint density at radius 1 is 1.17 bits per heavy atom. The molecule has 0 aliphatic carbocycles. The van der Waals surface area contributed by atoms with Crippen LogP contribution in [0.25, 0.3) is 21.5 Å². The molecule has 0 unspecified atom stereocenters. The van der Waals surface area contributed by atoms with Gasteiger partial charge in [-0.3, -0.25) is 4.99 Å². The summed E-state index contributed by atoms with van der Waals surface area (Å²) in [6, 6.07) is 15.0. The molecule has 0 radical (unpaired) electrons. The summed E-state index contributed by atoms with van der Waals surface area (Å²) < 4.78 is 13.3. The standard InChI is InChI=1S/C22H22FN5S.HI/c1-24-22(25-10-9-16-12-26-20-11-17(23)7-8-19(16)20)27-13-18-14-29-21(28-18)15-5-3-2-4-6-15;/h2-8,11-12,14,26H,9-10,13H2,1H3,(H2,24,25,27);1H. The predicted octanol–water partition coefficient (Wildman–Crippen LogP) is 4.96. The fraction of sp³-hybridized carbons (Fsp3) is 0.182. The molecule has 2 aromatic heterocycles. The number of thiazole rings is 1. The molecule has 156 valence electrons. The van der Waals surface area contributed by atoms with E-state index in [0.717, 1.165) is 51.7 Å². The monoisotopic (exact) mass is 535 g/mol. The number of aromatic nitrogens is 2. The molecule has 2 aromatic carbocycles. The second-order valence-corrected chi connectivity index (χ2v) is 7.47. The Morgan fingerprint density at radius 3 is 2.80 bits per heavy atom. The average molecular weight is 535 g/mol. The van der Waals surface area contributed by atoms with E-state index in [4.69, 9.17) is 0 Å². The van der Waals surface area contributed by atoms with Crippen LogP contribution >= 0.6 is 35.3 Å². The van der Waals surface area contributed by atoms with E-state index >= 15 is 0 Å². The number of aliphatic imine (C=N–C) groups is 1. The van der Waals surface area contributed by atoms with Crippen LogP contribution in [0, 0.1) is 5.82 Å². The number of fused-ring (bicyclic) bond motifs is 1. The van der Waals surface area contributed by atoms with Gasteiger partial charge in [0.2, 0.25) is 0 Å². The molecule has 0 aliphatic heterocycles. The molecule has 0 aliphatic rings. The van der Waals surface area contributed by atoms with Crippen LogP contribution in [-0.4, -0.2) is 29.5 Å². The molecule has 0 fully saturated rings. The average Bonchev–Trinajstić information content (AvgIpc) is 3.38. The summed E-state index contributed by atoms with van der Waals surface area (Å²) in [4.78, 5) is 12.1. The van der Waals surface area contributed by atoms with Crippen molar-refractivity contribution in [1.82, 2.24) is 20.6 Å². The van der Waals surface area contributed by atoms with Crippen LogP contribution < -0.4 is 10.6 Å². The number of nitrogens with one attached hydrogen (secondary N) is 3. The third-order valence-corrected chi connectivity index (χ3v) is 5.59. The minimum atomic E-state index is -0.230. The van der Waals surface area contributed by atoms with Gasteiger partial charge in [-0.05, 0) is 30.2 Å². The topological polar surface area (TPSA) is 65.1 Å². The number of aromatic amines is 1. The molecule has 4 rings (SSSR count). The Hall–Kier alpha value is -2.46. The van der Waals surface area contributed by atoms with Gasteiger partial charge in [-0.2, -0.15) is 0 Å². The molecule has 0 bridgehead atoms. The minimum Gasteiger partial charge on any atom is -0.361 e. The van der Waals surface area contributed by atoms with Gasteiger partial charge in [0.25, 0.3) is 0 Å². The number of hydrogen-bond acceptors (Lipinski definition) is 3. The molecule has 5 nitrogen and oxygen atoms in total. The number of halogens is 2. The van der Waals surface area contributed by atoms with Crippen LogP contribution in [0.5, 0.6) is 0 Å². The smallest absolute Gasteiger partial charge is 0.191 e. The number of benzene rings is 2. The second kappa shape index (κ2) is 10.5. The largest absolute Gasteiger partial charge is 0.361 e. The van der Waals surface area contributed by atoms with Gasteiger partial charge in [0.05, 0.1) is 12.2 Å². The zero-order valence-electron chi connectivity index (χ0n) is 16.5. The zero-order chi connectivity index (χ0) is 20.1. The molecule has 0 atom stereocenters. The van der Waals surface area contributed by atoms with Crippen LogP contribution in [-0.2, 0) is 13.0 Å². The highest BCUT2D eigenvalue weighted by atomic mass is 127. The Bertz CT molecular complexity index is 1120. The van der Waals surface area contributed by atoms with Crippen molar-refractivity contribution >= 4 is 52.2 Å². The Kier molecular flexibility index (Phi) is 7.81. The molecule has 0 saturated carbocycles. The van der Waals surface area contributed by atoms with Crippen LogP contribution in [0.2, 0.25) is 0 Å². The third kappa shape index (κ3) is 5.37. The molecule has 30 heavy (non-hydrogen) atoms. The molecule has 0 spiro atoms. The summed E-state index contributed by atoms with van der Waals surface area (Å²) in [5.74, 6) is 0.497. The molecule has 0 saturated heterocycles. The van der Waals surface area contributed by atoms with E-state index in [-0.39, 0.29) is 29.8 Å². The van der Waals surface area contributed by atoms with Gasteiger partial charge in [0.15, 0.2) is 5.96 Å². The van der Waals surface area contributed by atoms with Gasteiger partial charge >= 0.3 is 0 Å². The lowest BCUT2D eigenvalue weighted by Crippen LogP contribution is -2.37. The molecule has 8 heteroatoms. The third-order valence-electron chi connectivity index (χ3n) is 4.65. The lowest BCUT2D eigenvalue weighted by Gasteiger charge is -2.10. The molecule has 3 N–H and O–H groups in total. The fourth-order valence-corrected chi connectivity index (χ4v) is 4.00. The van der Waals surface area contributed by atoms with E-state index in [1.165, 1.54) is 12.1 Å². The summed E-state index contributed by atoms with van der Waals surface area (Å²) in [7, 11) is 1.75. The summed E-state index contributed by atoms with van der Waals surface area (Å²) >= 11 is 1.64. The van der Waals surface area contributed by atoms with E-state index in [0.29, 0.717) is 6.54 Å². The maximum atomic E-state index is 13.3. The van der Waals surface area contributed by atoms with Crippen molar-refractivity contribution in [1.29, 1.82) is 0 Å². The highest BCUT2D eigenvalue weighted by Gasteiger charge is 2.07. The van der Waals surface area contributed by atoms with Gasteiger partial charge in [-0.15, -0.1) is 35.3 Å². The lowest BCUT2D eigenvalue weighted by atomic mass is 10.1. The van der Waals surface area contributed by atoms with E-state index in [2.05, 4.69) is 43.1 Å². The summed E-state index contributed by atoms with van der Waals surface area (Å²) in [5.41, 5.74) is 4.08. The second-order valence-electron chi connectivity index (χ2n) is 6.62. The van der Waals surface area contributed by atoms with Gasteiger partial charge in [0, 0.05) is 41.6 Å². The van der Waals surface area contributed by atoms with Crippen LogP contribution in [0.4, 0.5) is 4.39 Å². The van der Waals surface area contributed by atoms with E-state index < -0.39 is 0 Å². The Balaban J connectivity index is 0.00000256. The Morgan fingerprint density at radius 2 is 2.00 bits per heavy atom. The van der Waals surface area contributed by atoms with E-state index in [1.807, 2.05) is 30.5 Å². The molecule has 4 aromatic rings. The van der Waals surface area contributed by atoms with Gasteiger partial charge in [-0.25, -0.2) is 9.37 Å². The zero-order valence-corrected chi connectivity index (χ0v) is 19.6. The molecule has 0 amide bonds. The number of guanidine groups is 1. The van der Waals surface area contributed by atoms with Crippen LogP contribution in [0.1, 0.15) is 11.3 Å². The maximum Gasteiger partial charge on any atom is 0.191 e. The highest BCUT2D eigenvalue weighted by molar-refractivity contribution is 14.0. The molecular weight excluding hydrogens is 512 g/mol. The summed E-state index contributed by atoms with van der Waals surface area (Å²) in [5, 5.41) is 10.7. The highest BCUT2D eigenvalue weighted by Crippen LogP contribution is 2.23. The summed E-state index contributed by atoms with van der Waals surface area (Å²) in [6.45, 7) is 1.33. The van der Waals surface area contributed by atoms with E-state index in [9.17, 15) is 4.39 Å². The van der Waals surface area contributed by atoms with Crippen molar-refractivity contribution < 1.29 is 4.39 Å². The first-order valence-electron chi connectivity index (χ1n) is 9.43. The van der Waals surface area contributed by atoms with Crippen LogP contribution in [0.15, 0.2) is 65.1 Å². The van der Waals surface area contributed by atoms with Gasteiger partial charge in [0.1, 0.15) is 10.8 Å². The molecule has 2 heterocycles. The molecular formula is C22H23FIN5S. The van der Waals surface area contributed by atoms with Crippen molar-refractivity contribution in [2.45, 2.75) is 13.0 Å². The number of nitrogens with zero attached hydrogens (tertiary/aromatic N) is 2. The first-order chi connectivity index (χ1) is 14.2. The van der Waals surface area contributed by atoms with E-state index in [1.54, 1.807) is 18.4 Å². The first-order valence-corrected chi connectivity index (χ1v) is 10.3. The van der Waals surface area contributed by atoms with Crippen molar-refractivity contribution in [3.63, 3.8) is 0 Å². The van der Waals surface area contributed by atoms with Gasteiger partial charge < -0.3 is 15.6 Å².